The van der Waals surface area contributed by atoms with Crippen molar-refractivity contribution in [3.05, 3.63) is 58.6 Å². The van der Waals surface area contributed by atoms with Crippen LogP contribution < -0.4 is 4.74 Å². The van der Waals surface area contributed by atoms with Crippen LogP contribution in [0.2, 0.25) is 0 Å². The minimum atomic E-state index is -0.475. The minimum Gasteiger partial charge on any atom is -0.427 e. The summed E-state index contributed by atoms with van der Waals surface area (Å²) in [5, 5.41) is 18.5. The van der Waals surface area contributed by atoms with Crippen molar-refractivity contribution >= 4 is 23.0 Å². The first-order valence-corrected chi connectivity index (χ1v) is 6.55. The molecule has 0 N–H and O–H groups in total. The number of non-ortho nitro benzene ring substituents is 1. The predicted molar refractivity (Wildman–Crippen MR) is 79.6 cm³/mol. The summed E-state index contributed by atoms with van der Waals surface area (Å²) >= 11 is 0. The van der Waals surface area contributed by atoms with E-state index in [2.05, 4.69) is 10.2 Å². The smallest absolute Gasteiger partial charge is 0.310 e. The van der Waals surface area contributed by atoms with Crippen LogP contribution in [0.1, 0.15) is 13.3 Å². The van der Waals surface area contributed by atoms with Gasteiger partial charge in [-0.25, -0.2) is 0 Å². The summed E-state index contributed by atoms with van der Waals surface area (Å²) in [6, 6.07) is 12.3. The van der Waals surface area contributed by atoms with Crippen LogP contribution >= 0.6 is 0 Å². The molecule has 2 rings (SSSR count). The summed E-state index contributed by atoms with van der Waals surface area (Å²) in [6.45, 7) is 1.72. The van der Waals surface area contributed by atoms with Gasteiger partial charge in [0, 0.05) is 18.6 Å². The van der Waals surface area contributed by atoms with Gasteiger partial charge in [0.05, 0.1) is 16.3 Å². The highest BCUT2D eigenvalue weighted by Gasteiger charge is 2.03. The number of carbonyl (C=O) groups is 1. The highest BCUT2D eigenvalue weighted by Crippen LogP contribution is 2.23. The molecule has 0 saturated heterocycles. The Morgan fingerprint density at radius 1 is 1.05 bits per heavy atom. The molecule has 2 aromatic carbocycles. The Bertz CT molecular complexity index is 694. The normalized spacial score (nSPS) is 10.6. The summed E-state index contributed by atoms with van der Waals surface area (Å²) in [5.74, 6) is 0.140. The predicted octanol–water partition coefficient (Wildman–Crippen LogP) is 4.33. The van der Waals surface area contributed by atoms with E-state index in [9.17, 15) is 14.9 Å². The number of hydrogen-bond acceptors (Lipinski definition) is 6. The first-order valence-electron chi connectivity index (χ1n) is 6.55. The van der Waals surface area contributed by atoms with Gasteiger partial charge in [0.25, 0.3) is 5.69 Å². The van der Waals surface area contributed by atoms with Crippen molar-refractivity contribution in [2.75, 3.05) is 0 Å². The van der Waals surface area contributed by atoms with Crippen LogP contribution in [0.3, 0.4) is 0 Å². The second-order valence-electron chi connectivity index (χ2n) is 4.30. The topological polar surface area (TPSA) is 94.2 Å². The maximum absolute atomic E-state index is 11.1. The van der Waals surface area contributed by atoms with Gasteiger partial charge in [-0.2, -0.15) is 10.2 Å². The van der Waals surface area contributed by atoms with Crippen LogP contribution in [0, 0.1) is 10.1 Å². The van der Waals surface area contributed by atoms with E-state index >= 15 is 0 Å². The van der Waals surface area contributed by atoms with Crippen LogP contribution in [0.25, 0.3) is 0 Å². The minimum absolute atomic E-state index is 0.000966. The lowest BCUT2D eigenvalue weighted by Crippen LogP contribution is -2.04. The van der Waals surface area contributed by atoms with E-state index in [4.69, 9.17) is 4.74 Å². The van der Waals surface area contributed by atoms with E-state index in [0.717, 1.165) is 0 Å². The van der Waals surface area contributed by atoms with E-state index in [1.54, 1.807) is 31.2 Å². The molecule has 2 aromatic rings. The van der Waals surface area contributed by atoms with Crippen molar-refractivity contribution in [3.63, 3.8) is 0 Å². The molecular weight excluding hydrogens is 286 g/mol. The largest absolute Gasteiger partial charge is 0.427 e. The zero-order valence-corrected chi connectivity index (χ0v) is 11.8. The molecule has 7 heteroatoms. The maximum atomic E-state index is 11.1. The molecule has 0 unspecified atom stereocenters. The Kier molecular flexibility index (Phi) is 4.92. The van der Waals surface area contributed by atoms with Gasteiger partial charge in [-0.3, -0.25) is 14.9 Å². The van der Waals surface area contributed by atoms with E-state index < -0.39 is 4.92 Å². The first kappa shape index (κ1) is 15.3. The van der Waals surface area contributed by atoms with Crippen molar-refractivity contribution in [3.8, 4) is 5.75 Å². The van der Waals surface area contributed by atoms with Gasteiger partial charge in [0.2, 0.25) is 0 Å². The summed E-state index contributed by atoms with van der Waals surface area (Å²) < 4.78 is 5.04. The molecule has 0 amide bonds. The fourth-order valence-electron chi connectivity index (χ4n) is 1.54. The average molecular weight is 299 g/mol. The van der Waals surface area contributed by atoms with Crippen LogP contribution in [0.4, 0.5) is 17.1 Å². The van der Waals surface area contributed by atoms with Gasteiger partial charge in [-0.05, 0) is 36.4 Å². The van der Waals surface area contributed by atoms with Crippen molar-refractivity contribution in [2.45, 2.75) is 13.3 Å². The SMILES string of the molecule is CCC(=O)Oc1ccc(N=Nc2ccc([N+](=O)[O-])cc2)cc1. The maximum Gasteiger partial charge on any atom is 0.310 e. The highest BCUT2D eigenvalue weighted by molar-refractivity contribution is 5.72. The molecule has 0 aliphatic carbocycles. The Balaban J connectivity index is 2.03. The Morgan fingerprint density at radius 2 is 1.55 bits per heavy atom. The quantitative estimate of drug-likeness (QED) is 0.270. The van der Waals surface area contributed by atoms with E-state index in [1.165, 1.54) is 24.3 Å². The fraction of sp³-hybridized carbons (Fsp3) is 0.133. The number of nitro groups is 1. The summed E-state index contributed by atoms with van der Waals surface area (Å²) in [5.41, 5.74) is 1.09. The number of nitro benzene ring substituents is 1. The summed E-state index contributed by atoms with van der Waals surface area (Å²) in [4.78, 5) is 21.2. The molecule has 112 valence electrons. The van der Waals surface area contributed by atoms with Crippen LogP contribution in [0.15, 0.2) is 58.8 Å². The van der Waals surface area contributed by atoms with Crippen molar-refractivity contribution in [1.82, 2.24) is 0 Å². The lowest BCUT2D eigenvalue weighted by Gasteiger charge is -2.01. The molecule has 0 saturated carbocycles. The zero-order valence-electron chi connectivity index (χ0n) is 11.8. The molecule has 7 nitrogen and oxygen atoms in total. The van der Waals surface area contributed by atoms with Gasteiger partial charge in [0.15, 0.2) is 0 Å². The molecule has 0 heterocycles. The van der Waals surface area contributed by atoms with Crippen molar-refractivity contribution in [2.24, 2.45) is 10.2 Å². The second-order valence-corrected chi connectivity index (χ2v) is 4.30. The summed E-state index contributed by atoms with van der Waals surface area (Å²) in [7, 11) is 0. The number of nitrogens with zero attached hydrogens (tertiary/aromatic N) is 3. The van der Waals surface area contributed by atoms with Crippen molar-refractivity contribution < 1.29 is 14.5 Å². The molecule has 22 heavy (non-hydrogen) atoms. The Labute approximate surface area is 126 Å². The van der Waals surface area contributed by atoms with Crippen LogP contribution in [0.5, 0.6) is 5.75 Å². The lowest BCUT2D eigenvalue weighted by atomic mass is 10.3. The number of hydrogen-bond donors (Lipinski definition) is 0. The zero-order chi connectivity index (χ0) is 15.9. The van der Waals surface area contributed by atoms with Crippen molar-refractivity contribution in [1.29, 1.82) is 0 Å². The molecule has 0 spiro atoms. The van der Waals surface area contributed by atoms with Gasteiger partial charge >= 0.3 is 5.97 Å². The fourth-order valence-corrected chi connectivity index (χ4v) is 1.54. The Morgan fingerprint density at radius 3 is 2.00 bits per heavy atom. The highest BCUT2D eigenvalue weighted by atomic mass is 16.6. The van der Waals surface area contributed by atoms with E-state index in [0.29, 0.717) is 23.5 Å². The molecule has 0 aromatic heterocycles. The molecular formula is C15H13N3O4. The number of esters is 1. The third kappa shape index (κ3) is 4.20. The number of ether oxygens (including phenoxy) is 1. The Hall–Kier alpha value is -3.09. The van der Waals surface area contributed by atoms with Gasteiger partial charge in [0.1, 0.15) is 5.75 Å². The average Bonchev–Trinajstić information content (AvgIpc) is 2.54. The molecule has 0 aliphatic heterocycles. The van der Waals surface area contributed by atoms with E-state index in [-0.39, 0.29) is 11.7 Å². The second kappa shape index (κ2) is 7.07. The van der Waals surface area contributed by atoms with Gasteiger partial charge in [-0.15, -0.1) is 0 Å². The number of azo groups is 1. The third-order valence-electron chi connectivity index (χ3n) is 2.70. The lowest BCUT2D eigenvalue weighted by molar-refractivity contribution is -0.384. The summed E-state index contributed by atoms with van der Waals surface area (Å²) in [6.07, 6.45) is 0.307. The van der Waals surface area contributed by atoms with Crippen LogP contribution in [-0.4, -0.2) is 10.9 Å². The third-order valence-corrected chi connectivity index (χ3v) is 2.70. The molecule has 0 fully saturated rings. The monoisotopic (exact) mass is 299 g/mol. The van der Waals surface area contributed by atoms with Gasteiger partial charge < -0.3 is 4.74 Å². The molecule has 0 radical (unpaired) electrons. The molecule has 0 bridgehead atoms. The number of carbonyl (C=O) groups excluding carboxylic acids is 1. The van der Waals surface area contributed by atoms with Crippen LogP contribution in [-0.2, 0) is 4.79 Å². The molecule has 0 atom stereocenters. The van der Waals surface area contributed by atoms with E-state index in [1.807, 2.05) is 0 Å². The number of rotatable bonds is 5. The standard InChI is InChI=1S/C15H13N3O4/c1-2-15(19)22-14-9-5-12(6-10-14)17-16-11-3-7-13(8-4-11)18(20)21/h3-10H,2H2,1H3. The van der Waals surface area contributed by atoms with Gasteiger partial charge in [-0.1, -0.05) is 6.92 Å². The first-order chi connectivity index (χ1) is 10.6. The number of benzene rings is 2. The molecule has 0 aliphatic rings.